The van der Waals surface area contributed by atoms with Gasteiger partial charge < -0.3 is 15.4 Å². The summed E-state index contributed by atoms with van der Waals surface area (Å²) < 4.78 is 5.42. The van der Waals surface area contributed by atoms with Gasteiger partial charge in [0.05, 0.1) is 6.61 Å². The highest BCUT2D eigenvalue weighted by Gasteiger charge is 2.10. The van der Waals surface area contributed by atoms with Gasteiger partial charge in [0.2, 0.25) is 5.91 Å². The lowest BCUT2D eigenvalue weighted by Gasteiger charge is -2.12. The molecule has 2 rings (SSSR count). The Kier molecular flexibility index (Phi) is 7.41. The van der Waals surface area contributed by atoms with E-state index in [0.717, 1.165) is 22.6 Å². The van der Waals surface area contributed by atoms with Crippen LogP contribution in [0.1, 0.15) is 48.7 Å². The van der Waals surface area contributed by atoms with Crippen LogP contribution in [0.4, 0.5) is 5.69 Å². The first-order valence-electron chi connectivity index (χ1n) is 9.32. The number of benzene rings is 2. The molecule has 0 aliphatic rings. The van der Waals surface area contributed by atoms with Crippen molar-refractivity contribution in [2.45, 2.75) is 46.6 Å². The molecule has 0 aliphatic heterocycles. The summed E-state index contributed by atoms with van der Waals surface area (Å²) in [6.07, 6.45) is 1.05. The van der Waals surface area contributed by atoms with Crippen molar-refractivity contribution < 1.29 is 14.3 Å². The Morgan fingerprint density at radius 3 is 2.37 bits per heavy atom. The summed E-state index contributed by atoms with van der Waals surface area (Å²) >= 11 is 0. The maximum atomic E-state index is 12.3. The van der Waals surface area contributed by atoms with Crippen molar-refractivity contribution in [2.24, 2.45) is 0 Å². The fourth-order valence-electron chi connectivity index (χ4n) is 2.68. The standard InChI is InChI=1S/C22H28N2O3/c1-5-27-19-10-6-17(7-11-19)8-13-21(25)24-20-12-9-18(14-16(20)4)22(26)23-15(2)3/h6-7,9-12,14-15H,5,8,13H2,1-4H3,(H,23,26)(H,24,25). The predicted molar refractivity (Wildman–Crippen MR) is 108 cm³/mol. The van der Waals surface area contributed by atoms with Crippen LogP contribution in [0.3, 0.4) is 0 Å². The second-order valence-corrected chi connectivity index (χ2v) is 6.78. The summed E-state index contributed by atoms with van der Waals surface area (Å²) in [5.41, 5.74) is 3.27. The summed E-state index contributed by atoms with van der Waals surface area (Å²) in [6.45, 7) is 8.31. The molecule has 0 heterocycles. The predicted octanol–water partition coefficient (Wildman–Crippen LogP) is 4.10. The van der Waals surface area contributed by atoms with Gasteiger partial charge >= 0.3 is 0 Å². The minimum Gasteiger partial charge on any atom is -0.494 e. The van der Waals surface area contributed by atoms with Gasteiger partial charge in [-0.15, -0.1) is 0 Å². The topological polar surface area (TPSA) is 67.4 Å². The van der Waals surface area contributed by atoms with Crippen LogP contribution < -0.4 is 15.4 Å². The van der Waals surface area contributed by atoms with E-state index < -0.39 is 0 Å². The first kappa shape index (κ1) is 20.5. The molecule has 144 valence electrons. The number of carbonyl (C=O) groups is 2. The van der Waals surface area contributed by atoms with Gasteiger partial charge in [-0.2, -0.15) is 0 Å². The molecule has 5 nitrogen and oxygen atoms in total. The third-order valence-corrected chi connectivity index (χ3v) is 4.06. The van der Waals surface area contributed by atoms with E-state index in [2.05, 4.69) is 10.6 Å². The molecular weight excluding hydrogens is 340 g/mol. The molecule has 0 saturated carbocycles. The molecule has 0 radical (unpaired) electrons. The number of anilines is 1. The number of nitrogens with one attached hydrogen (secondary N) is 2. The molecule has 0 aliphatic carbocycles. The number of amides is 2. The third-order valence-electron chi connectivity index (χ3n) is 4.06. The molecule has 0 fully saturated rings. The number of hydrogen-bond acceptors (Lipinski definition) is 3. The minimum atomic E-state index is -0.110. The molecule has 0 spiro atoms. The van der Waals surface area contributed by atoms with E-state index in [4.69, 9.17) is 4.74 Å². The molecule has 0 saturated heterocycles. The van der Waals surface area contributed by atoms with Crippen molar-refractivity contribution in [3.8, 4) is 5.75 Å². The van der Waals surface area contributed by atoms with Gasteiger partial charge in [-0.05, 0) is 75.6 Å². The number of ether oxygens (including phenoxy) is 1. The molecule has 2 amide bonds. The van der Waals surface area contributed by atoms with Gasteiger partial charge in [-0.1, -0.05) is 12.1 Å². The van der Waals surface area contributed by atoms with Gasteiger partial charge in [0, 0.05) is 23.7 Å². The van der Waals surface area contributed by atoms with Crippen LogP contribution in [0.25, 0.3) is 0 Å². The number of hydrogen-bond donors (Lipinski definition) is 2. The second kappa shape index (κ2) is 9.76. The summed E-state index contributed by atoms with van der Waals surface area (Å²) in [7, 11) is 0. The van der Waals surface area contributed by atoms with Crippen molar-refractivity contribution in [2.75, 3.05) is 11.9 Å². The Hall–Kier alpha value is -2.82. The highest BCUT2D eigenvalue weighted by atomic mass is 16.5. The van der Waals surface area contributed by atoms with Crippen LogP contribution in [0.5, 0.6) is 5.75 Å². The Bertz CT molecular complexity index is 783. The summed E-state index contributed by atoms with van der Waals surface area (Å²) in [5, 5.41) is 5.79. The van der Waals surface area contributed by atoms with Crippen LogP contribution in [-0.4, -0.2) is 24.5 Å². The van der Waals surface area contributed by atoms with Crippen LogP contribution in [0.15, 0.2) is 42.5 Å². The third kappa shape index (κ3) is 6.44. The molecular formula is C22H28N2O3. The molecule has 0 unspecified atom stereocenters. The van der Waals surface area contributed by atoms with Gasteiger partial charge in [0.1, 0.15) is 5.75 Å². The van der Waals surface area contributed by atoms with Crippen molar-refractivity contribution in [3.63, 3.8) is 0 Å². The van der Waals surface area contributed by atoms with E-state index in [9.17, 15) is 9.59 Å². The maximum absolute atomic E-state index is 12.3. The van der Waals surface area contributed by atoms with Crippen molar-refractivity contribution >= 4 is 17.5 Å². The highest BCUT2D eigenvalue weighted by Crippen LogP contribution is 2.18. The van der Waals surface area contributed by atoms with Gasteiger partial charge in [0.15, 0.2) is 0 Å². The maximum Gasteiger partial charge on any atom is 0.251 e. The van der Waals surface area contributed by atoms with Gasteiger partial charge in [-0.25, -0.2) is 0 Å². The summed E-state index contributed by atoms with van der Waals surface area (Å²) in [6, 6.07) is 13.2. The number of aryl methyl sites for hydroxylation is 2. The van der Waals surface area contributed by atoms with E-state index in [1.807, 2.05) is 52.0 Å². The Balaban J connectivity index is 1.90. The first-order chi connectivity index (χ1) is 12.9. The Morgan fingerprint density at radius 1 is 1.07 bits per heavy atom. The van der Waals surface area contributed by atoms with E-state index in [1.54, 1.807) is 18.2 Å². The van der Waals surface area contributed by atoms with Crippen molar-refractivity contribution in [3.05, 3.63) is 59.2 Å². The average molecular weight is 368 g/mol. The monoisotopic (exact) mass is 368 g/mol. The summed E-state index contributed by atoms with van der Waals surface area (Å²) in [4.78, 5) is 24.3. The van der Waals surface area contributed by atoms with E-state index >= 15 is 0 Å². The van der Waals surface area contributed by atoms with E-state index in [1.165, 1.54) is 0 Å². The van der Waals surface area contributed by atoms with Gasteiger partial charge in [0.25, 0.3) is 5.91 Å². The lowest BCUT2D eigenvalue weighted by molar-refractivity contribution is -0.116. The SMILES string of the molecule is CCOc1ccc(CCC(=O)Nc2ccc(C(=O)NC(C)C)cc2C)cc1. The molecule has 27 heavy (non-hydrogen) atoms. The number of carbonyl (C=O) groups excluding carboxylic acids is 2. The van der Waals surface area contributed by atoms with E-state index in [0.29, 0.717) is 25.0 Å². The molecule has 2 aromatic carbocycles. The normalized spacial score (nSPS) is 10.6. The zero-order valence-corrected chi connectivity index (χ0v) is 16.5. The lowest BCUT2D eigenvalue weighted by atomic mass is 10.1. The summed E-state index contributed by atoms with van der Waals surface area (Å²) in [5.74, 6) is 0.677. The van der Waals surface area contributed by atoms with Crippen LogP contribution in [-0.2, 0) is 11.2 Å². The average Bonchev–Trinajstić information content (AvgIpc) is 2.62. The fraction of sp³-hybridized carbons (Fsp3) is 0.364. The van der Waals surface area contributed by atoms with E-state index in [-0.39, 0.29) is 17.9 Å². The van der Waals surface area contributed by atoms with Crippen molar-refractivity contribution in [1.29, 1.82) is 0 Å². The molecule has 5 heteroatoms. The van der Waals surface area contributed by atoms with Crippen LogP contribution >= 0.6 is 0 Å². The zero-order valence-electron chi connectivity index (χ0n) is 16.5. The fourth-order valence-corrected chi connectivity index (χ4v) is 2.68. The molecule has 0 atom stereocenters. The number of rotatable bonds is 8. The van der Waals surface area contributed by atoms with Crippen LogP contribution in [0.2, 0.25) is 0 Å². The largest absolute Gasteiger partial charge is 0.494 e. The lowest BCUT2D eigenvalue weighted by Crippen LogP contribution is -2.30. The van der Waals surface area contributed by atoms with Crippen molar-refractivity contribution in [1.82, 2.24) is 5.32 Å². The molecule has 2 aromatic rings. The molecule has 0 aromatic heterocycles. The Labute approximate surface area is 161 Å². The zero-order chi connectivity index (χ0) is 19.8. The first-order valence-corrected chi connectivity index (χ1v) is 9.32. The second-order valence-electron chi connectivity index (χ2n) is 6.78. The Morgan fingerprint density at radius 2 is 1.78 bits per heavy atom. The van der Waals surface area contributed by atoms with Gasteiger partial charge in [-0.3, -0.25) is 9.59 Å². The minimum absolute atomic E-state index is 0.0497. The molecule has 2 N–H and O–H groups in total. The quantitative estimate of drug-likeness (QED) is 0.737. The smallest absolute Gasteiger partial charge is 0.251 e. The van der Waals surface area contributed by atoms with Crippen LogP contribution in [0, 0.1) is 6.92 Å². The molecule has 0 bridgehead atoms. The highest BCUT2D eigenvalue weighted by molar-refractivity contribution is 5.96.